The van der Waals surface area contributed by atoms with Gasteiger partial charge in [-0.25, -0.2) is 0 Å². The van der Waals surface area contributed by atoms with Crippen molar-refractivity contribution in [3.05, 3.63) is 24.1 Å². The van der Waals surface area contributed by atoms with E-state index in [1.807, 2.05) is 6.07 Å². The second-order valence-electron chi connectivity index (χ2n) is 3.92. The van der Waals surface area contributed by atoms with Gasteiger partial charge in [-0.3, -0.25) is 0 Å². The fourth-order valence-corrected chi connectivity index (χ4v) is 2.35. The van der Waals surface area contributed by atoms with Crippen LogP contribution in [0, 0.1) is 5.41 Å². The van der Waals surface area contributed by atoms with Crippen LogP contribution in [0.15, 0.2) is 22.9 Å². The predicted octanol–water partition coefficient (Wildman–Crippen LogP) is 1.44. The molecule has 1 N–H and O–H groups in total. The molecule has 0 aromatic carbocycles. The highest BCUT2D eigenvalue weighted by atomic mass is 16.5. The van der Waals surface area contributed by atoms with E-state index in [2.05, 4.69) is 16.5 Å². The lowest BCUT2D eigenvalue weighted by atomic mass is 9.75. The van der Waals surface area contributed by atoms with E-state index in [4.69, 9.17) is 4.52 Å². The van der Waals surface area contributed by atoms with Gasteiger partial charge in [0.25, 0.3) is 0 Å². The minimum absolute atomic E-state index is 0.375. The first-order valence-corrected chi connectivity index (χ1v) is 4.73. The summed E-state index contributed by atoms with van der Waals surface area (Å²) in [5.74, 6) is 0.957. The summed E-state index contributed by atoms with van der Waals surface area (Å²) in [6.45, 7) is 2.19. The quantitative estimate of drug-likeness (QED) is 0.703. The maximum absolute atomic E-state index is 5.20. The third-order valence-corrected chi connectivity index (χ3v) is 3.17. The second kappa shape index (κ2) is 2.45. The molecule has 3 heteroatoms. The Morgan fingerprint density at radius 2 is 2.38 bits per heavy atom. The van der Waals surface area contributed by atoms with Crippen LogP contribution in [0.2, 0.25) is 0 Å². The number of hydrogen-bond donors (Lipinski definition) is 1. The van der Waals surface area contributed by atoms with Gasteiger partial charge in [-0.15, -0.1) is 0 Å². The minimum Gasteiger partial charge on any atom is -0.357 e. The fraction of sp³-hybridized carbons (Fsp3) is 0.500. The Hall–Kier alpha value is -1.09. The van der Waals surface area contributed by atoms with E-state index in [1.54, 1.807) is 6.20 Å². The molecule has 3 rings (SSSR count). The van der Waals surface area contributed by atoms with E-state index in [0.717, 1.165) is 18.8 Å². The van der Waals surface area contributed by atoms with E-state index < -0.39 is 0 Å². The van der Waals surface area contributed by atoms with Gasteiger partial charge in [-0.05, 0) is 12.8 Å². The number of rotatable bonds is 1. The van der Waals surface area contributed by atoms with Crippen molar-refractivity contribution >= 4 is 5.57 Å². The van der Waals surface area contributed by atoms with Crippen molar-refractivity contribution in [2.45, 2.75) is 12.8 Å². The third kappa shape index (κ3) is 0.907. The summed E-state index contributed by atoms with van der Waals surface area (Å²) in [6, 6.07) is 1.96. The van der Waals surface area contributed by atoms with Gasteiger partial charge in [0.15, 0.2) is 5.76 Å². The van der Waals surface area contributed by atoms with Crippen molar-refractivity contribution in [1.29, 1.82) is 0 Å². The standard InChI is InChI=1S/C10H12N2O/c1-2-8(9-3-5-12-13-9)10(4-1)6-11-7-10/h2-3,5,11H,1,4,6-7H2. The van der Waals surface area contributed by atoms with Crippen LogP contribution in [0.3, 0.4) is 0 Å². The lowest BCUT2D eigenvalue weighted by Gasteiger charge is -2.41. The molecule has 1 saturated heterocycles. The Bertz CT molecular complexity index is 336. The highest BCUT2D eigenvalue weighted by molar-refractivity contribution is 5.70. The van der Waals surface area contributed by atoms with Crippen LogP contribution in [0.5, 0.6) is 0 Å². The second-order valence-corrected chi connectivity index (χ2v) is 3.92. The molecule has 1 aliphatic heterocycles. The predicted molar refractivity (Wildman–Crippen MR) is 49.0 cm³/mol. The maximum atomic E-state index is 5.20. The highest BCUT2D eigenvalue weighted by Gasteiger charge is 2.44. The number of nitrogens with zero attached hydrogens (tertiary/aromatic N) is 1. The minimum atomic E-state index is 0.375. The van der Waals surface area contributed by atoms with Crippen LogP contribution >= 0.6 is 0 Å². The van der Waals surface area contributed by atoms with E-state index in [9.17, 15) is 0 Å². The number of aromatic nitrogens is 1. The highest BCUT2D eigenvalue weighted by Crippen LogP contribution is 2.47. The molecular formula is C10H12N2O. The summed E-state index contributed by atoms with van der Waals surface area (Å²) in [6.07, 6.45) is 6.45. The molecule has 1 aromatic heterocycles. The van der Waals surface area contributed by atoms with Crippen molar-refractivity contribution in [3.63, 3.8) is 0 Å². The summed E-state index contributed by atoms with van der Waals surface area (Å²) >= 11 is 0. The molecular weight excluding hydrogens is 164 g/mol. The first-order chi connectivity index (χ1) is 6.41. The SMILES string of the molecule is C1=C(c2ccno2)C2(CC1)CNC2. The zero-order valence-corrected chi connectivity index (χ0v) is 7.42. The van der Waals surface area contributed by atoms with E-state index in [-0.39, 0.29) is 0 Å². The topological polar surface area (TPSA) is 38.1 Å². The van der Waals surface area contributed by atoms with Crippen LogP contribution in [0.1, 0.15) is 18.6 Å². The lowest BCUT2D eigenvalue weighted by Crippen LogP contribution is -2.52. The van der Waals surface area contributed by atoms with Gasteiger partial charge in [-0.2, -0.15) is 0 Å². The van der Waals surface area contributed by atoms with Crippen LogP contribution in [0.25, 0.3) is 5.57 Å². The first-order valence-electron chi connectivity index (χ1n) is 4.73. The Morgan fingerprint density at radius 1 is 1.46 bits per heavy atom. The van der Waals surface area contributed by atoms with Crippen molar-refractivity contribution in [1.82, 2.24) is 10.5 Å². The molecule has 0 bridgehead atoms. The van der Waals surface area contributed by atoms with Crippen molar-refractivity contribution in [2.24, 2.45) is 5.41 Å². The van der Waals surface area contributed by atoms with Gasteiger partial charge in [0.1, 0.15) is 0 Å². The van der Waals surface area contributed by atoms with Crippen LogP contribution in [-0.4, -0.2) is 18.2 Å². The molecule has 68 valence electrons. The molecule has 0 saturated carbocycles. The van der Waals surface area contributed by atoms with Crippen molar-refractivity contribution in [2.75, 3.05) is 13.1 Å². The maximum Gasteiger partial charge on any atom is 0.163 e. The lowest BCUT2D eigenvalue weighted by molar-refractivity contribution is 0.242. The average Bonchev–Trinajstić information content (AvgIpc) is 2.71. The van der Waals surface area contributed by atoms with Crippen molar-refractivity contribution < 1.29 is 4.52 Å². The Labute approximate surface area is 76.8 Å². The summed E-state index contributed by atoms with van der Waals surface area (Å²) in [4.78, 5) is 0. The van der Waals surface area contributed by atoms with Gasteiger partial charge in [0.2, 0.25) is 0 Å². The first kappa shape index (κ1) is 7.33. The molecule has 2 aliphatic rings. The third-order valence-electron chi connectivity index (χ3n) is 3.17. The number of hydrogen-bond acceptors (Lipinski definition) is 3. The van der Waals surface area contributed by atoms with Crippen LogP contribution < -0.4 is 5.32 Å². The van der Waals surface area contributed by atoms with Crippen LogP contribution in [-0.2, 0) is 0 Å². The average molecular weight is 176 g/mol. The molecule has 13 heavy (non-hydrogen) atoms. The Balaban J connectivity index is 1.99. The van der Waals surface area contributed by atoms with Gasteiger partial charge < -0.3 is 9.84 Å². The van der Waals surface area contributed by atoms with Gasteiger partial charge in [-0.1, -0.05) is 11.2 Å². The Morgan fingerprint density at radius 3 is 3.00 bits per heavy atom. The summed E-state index contributed by atoms with van der Waals surface area (Å²) < 4.78 is 5.20. The monoisotopic (exact) mass is 176 g/mol. The molecule has 0 unspecified atom stereocenters. The smallest absolute Gasteiger partial charge is 0.163 e. The molecule has 1 aromatic rings. The molecule has 1 spiro atoms. The largest absolute Gasteiger partial charge is 0.357 e. The Kier molecular flexibility index (Phi) is 1.38. The molecule has 1 fully saturated rings. The molecule has 1 aliphatic carbocycles. The molecule has 0 atom stereocenters. The fourth-order valence-electron chi connectivity index (χ4n) is 2.35. The van der Waals surface area contributed by atoms with Gasteiger partial charge in [0.05, 0.1) is 6.20 Å². The van der Waals surface area contributed by atoms with Gasteiger partial charge >= 0.3 is 0 Å². The molecule has 0 radical (unpaired) electrons. The van der Waals surface area contributed by atoms with Gasteiger partial charge in [0, 0.05) is 30.1 Å². The number of allylic oxidation sites excluding steroid dienone is 1. The van der Waals surface area contributed by atoms with E-state index >= 15 is 0 Å². The van der Waals surface area contributed by atoms with E-state index in [0.29, 0.717) is 5.41 Å². The summed E-state index contributed by atoms with van der Waals surface area (Å²) in [7, 11) is 0. The summed E-state index contributed by atoms with van der Waals surface area (Å²) in [5, 5.41) is 7.09. The molecule has 0 amide bonds. The van der Waals surface area contributed by atoms with Crippen LogP contribution in [0.4, 0.5) is 0 Å². The van der Waals surface area contributed by atoms with Crippen molar-refractivity contribution in [3.8, 4) is 0 Å². The summed E-state index contributed by atoms with van der Waals surface area (Å²) in [5.41, 5.74) is 1.74. The normalized spacial score (nSPS) is 24.5. The zero-order chi connectivity index (χ0) is 8.73. The number of nitrogens with one attached hydrogen (secondary N) is 1. The molecule has 3 nitrogen and oxygen atoms in total. The molecule has 2 heterocycles. The van der Waals surface area contributed by atoms with E-state index in [1.165, 1.54) is 18.4 Å². The zero-order valence-electron chi connectivity index (χ0n) is 7.42.